The first-order valence-electron chi connectivity index (χ1n) is 15.0. The van der Waals surface area contributed by atoms with Gasteiger partial charge in [0.15, 0.2) is 0 Å². The monoisotopic (exact) mass is 530 g/mol. The molecular formula is C32H54N2O4. The molecule has 0 heterocycles. The average Bonchev–Trinajstić information content (AvgIpc) is 2.91. The molecule has 216 valence electrons. The van der Waals surface area contributed by atoms with Crippen LogP contribution in [0.1, 0.15) is 109 Å². The lowest BCUT2D eigenvalue weighted by molar-refractivity contribution is -0.139. The summed E-state index contributed by atoms with van der Waals surface area (Å²) in [5.41, 5.74) is 1.65. The molecule has 0 aliphatic rings. The van der Waals surface area contributed by atoms with Crippen LogP contribution >= 0.6 is 0 Å². The maximum absolute atomic E-state index is 11.8. The average molecular weight is 531 g/mol. The summed E-state index contributed by atoms with van der Waals surface area (Å²) >= 11 is 0. The number of nitrogens with one attached hydrogen (secondary N) is 2. The molecule has 0 bridgehead atoms. The Morgan fingerprint density at radius 1 is 0.789 bits per heavy atom. The van der Waals surface area contributed by atoms with E-state index in [1.807, 2.05) is 6.07 Å². The molecule has 0 spiro atoms. The van der Waals surface area contributed by atoms with E-state index in [2.05, 4.69) is 48.4 Å². The zero-order valence-corrected chi connectivity index (χ0v) is 24.2. The van der Waals surface area contributed by atoms with Crippen LogP contribution in [0.25, 0.3) is 0 Å². The number of hydrogen-bond acceptors (Lipinski definition) is 5. The van der Waals surface area contributed by atoms with Gasteiger partial charge in [-0.25, -0.2) is 9.59 Å². The molecule has 0 saturated heterocycles. The summed E-state index contributed by atoms with van der Waals surface area (Å²) in [5.74, 6) is -0.480. The molecule has 0 fully saturated rings. The van der Waals surface area contributed by atoms with E-state index in [1.165, 1.54) is 89.0 Å². The van der Waals surface area contributed by atoms with E-state index in [1.54, 1.807) is 6.92 Å². The predicted octanol–water partition coefficient (Wildman–Crippen LogP) is 7.51. The Balaban J connectivity index is 2.16. The summed E-state index contributed by atoms with van der Waals surface area (Å²) in [5, 5.41) is 6.36. The summed E-state index contributed by atoms with van der Waals surface area (Å²) in [4.78, 5) is 23.2. The number of alkyl carbamates (subject to hydrolysis) is 1. The number of unbranched alkanes of at least 4 members (excludes halogenated alkanes) is 12. The Bertz CT molecular complexity index is 738. The highest BCUT2D eigenvalue weighted by Crippen LogP contribution is 2.14. The molecule has 1 atom stereocenters. The van der Waals surface area contributed by atoms with Crippen LogP contribution in [0.15, 0.2) is 42.5 Å². The first-order chi connectivity index (χ1) is 18.5. The third-order valence-corrected chi connectivity index (χ3v) is 6.71. The summed E-state index contributed by atoms with van der Waals surface area (Å²) in [6, 6.07) is 11.0. The Morgan fingerprint density at radius 2 is 1.34 bits per heavy atom. The fourth-order valence-electron chi connectivity index (χ4n) is 4.47. The van der Waals surface area contributed by atoms with Gasteiger partial charge < -0.3 is 20.1 Å². The predicted molar refractivity (Wildman–Crippen MR) is 157 cm³/mol. The molecule has 0 aromatic heterocycles. The van der Waals surface area contributed by atoms with Crippen molar-refractivity contribution in [2.24, 2.45) is 0 Å². The lowest BCUT2D eigenvalue weighted by atomic mass is 9.99. The molecule has 1 aromatic carbocycles. The smallest absolute Gasteiger partial charge is 0.407 e. The van der Waals surface area contributed by atoms with Gasteiger partial charge in [0.05, 0.1) is 0 Å². The first-order valence-corrected chi connectivity index (χ1v) is 15.0. The van der Waals surface area contributed by atoms with Crippen molar-refractivity contribution < 1.29 is 19.1 Å². The van der Waals surface area contributed by atoms with Gasteiger partial charge in [0, 0.05) is 24.7 Å². The van der Waals surface area contributed by atoms with E-state index in [0.29, 0.717) is 24.7 Å². The van der Waals surface area contributed by atoms with Crippen molar-refractivity contribution in [3.63, 3.8) is 0 Å². The SMILES string of the molecule is C=C(C)C(=O)OCCOC(=O)NCCNC(CCCCCCCCCCCCCCC)Cc1ccccc1. The van der Waals surface area contributed by atoms with Gasteiger partial charge in [-0.05, 0) is 25.3 Å². The van der Waals surface area contributed by atoms with E-state index in [0.717, 1.165) is 12.8 Å². The standard InChI is InChI=1S/C32H54N2O4/c1-4-5-6-7-8-9-10-11-12-13-14-15-19-22-30(27-29-20-17-16-18-21-29)33-23-24-34-32(36)38-26-25-37-31(35)28(2)3/h16-18,20-21,30,33H,2,4-15,19,22-27H2,1,3H3,(H,34,36). The summed E-state index contributed by atoms with van der Waals surface area (Å²) in [7, 11) is 0. The number of hydrogen-bond donors (Lipinski definition) is 2. The Labute approximate surface area is 232 Å². The summed E-state index contributed by atoms with van der Waals surface area (Å²) in [6.07, 6.45) is 19.3. The highest BCUT2D eigenvalue weighted by molar-refractivity contribution is 5.86. The molecule has 1 rings (SSSR count). The lowest BCUT2D eigenvalue weighted by Crippen LogP contribution is -2.38. The Kier molecular flexibility index (Phi) is 21.1. The Hall–Kier alpha value is -2.34. The van der Waals surface area contributed by atoms with Crippen LogP contribution in [0.4, 0.5) is 4.79 Å². The van der Waals surface area contributed by atoms with Crippen molar-refractivity contribution >= 4 is 12.1 Å². The van der Waals surface area contributed by atoms with Crippen molar-refractivity contribution in [3.8, 4) is 0 Å². The number of carbonyl (C=O) groups excluding carboxylic acids is 2. The van der Waals surface area contributed by atoms with Gasteiger partial charge in [-0.3, -0.25) is 0 Å². The molecule has 0 aliphatic heterocycles. The molecule has 1 aromatic rings. The van der Waals surface area contributed by atoms with Crippen molar-refractivity contribution in [2.45, 2.75) is 116 Å². The minimum atomic E-state index is -0.505. The molecule has 1 unspecified atom stereocenters. The molecule has 2 N–H and O–H groups in total. The minimum absolute atomic E-state index is 0.0218. The molecule has 0 radical (unpaired) electrons. The van der Waals surface area contributed by atoms with Gasteiger partial charge in [0.2, 0.25) is 0 Å². The van der Waals surface area contributed by atoms with Gasteiger partial charge in [-0.1, -0.05) is 127 Å². The van der Waals surface area contributed by atoms with Crippen LogP contribution in [0.2, 0.25) is 0 Å². The van der Waals surface area contributed by atoms with Crippen molar-refractivity contribution in [3.05, 3.63) is 48.0 Å². The molecule has 0 saturated carbocycles. The van der Waals surface area contributed by atoms with E-state index in [-0.39, 0.29) is 13.2 Å². The molecule has 1 amide bonds. The second-order valence-electron chi connectivity index (χ2n) is 10.4. The van der Waals surface area contributed by atoms with Crippen LogP contribution in [0, 0.1) is 0 Å². The van der Waals surface area contributed by atoms with Gasteiger partial charge >= 0.3 is 12.1 Å². The second-order valence-corrected chi connectivity index (χ2v) is 10.4. The van der Waals surface area contributed by atoms with Crippen molar-refractivity contribution in [1.29, 1.82) is 0 Å². The fraction of sp³-hybridized carbons (Fsp3) is 0.688. The quantitative estimate of drug-likeness (QED) is 0.0821. The van der Waals surface area contributed by atoms with Crippen LogP contribution in [-0.4, -0.2) is 44.4 Å². The number of benzene rings is 1. The molecule has 6 nitrogen and oxygen atoms in total. The highest BCUT2D eigenvalue weighted by Gasteiger charge is 2.10. The molecular weight excluding hydrogens is 476 g/mol. The normalized spacial score (nSPS) is 11.6. The number of rotatable bonds is 24. The van der Waals surface area contributed by atoms with E-state index < -0.39 is 12.1 Å². The minimum Gasteiger partial charge on any atom is -0.459 e. The largest absolute Gasteiger partial charge is 0.459 e. The van der Waals surface area contributed by atoms with E-state index in [4.69, 9.17) is 9.47 Å². The maximum atomic E-state index is 11.8. The number of ether oxygens (including phenoxy) is 2. The summed E-state index contributed by atoms with van der Waals surface area (Å²) < 4.78 is 9.95. The van der Waals surface area contributed by atoms with Crippen LogP contribution in [0.5, 0.6) is 0 Å². The lowest BCUT2D eigenvalue weighted by Gasteiger charge is -2.19. The zero-order chi connectivity index (χ0) is 27.7. The van der Waals surface area contributed by atoms with E-state index in [9.17, 15) is 9.59 Å². The van der Waals surface area contributed by atoms with Crippen LogP contribution in [0.3, 0.4) is 0 Å². The number of amides is 1. The fourth-order valence-corrected chi connectivity index (χ4v) is 4.47. The van der Waals surface area contributed by atoms with Gasteiger partial charge in [0.1, 0.15) is 13.2 Å². The second kappa shape index (κ2) is 23.8. The van der Waals surface area contributed by atoms with Crippen molar-refractivity contribution in [2.75, 3.05) is 26.3 Å². The van der Waals surface area contributed by atoms with Crippen LogP contribution in [-0.2, 0) is 20.7 Å². The van der Waals surface area contributed by atoms with Gasteiger partial charge in [0.25, 0.3) is 0 Å². The zero-order valence-electron chi connectivity index (χ0n) is 24.2. The van der Waals surface area contributed by atoms with Gasteiger partial charge in [-0.15, -0.1) is 0 Å². The Morgan fingerprint density at radius 3 is 1.92 bits per heavy atom. The van der Waals surface area contributed by atoms with E-state index >= 15 is 0 Å². The molecule has 6 heteroatoms. The summed E-state index contributed by atoms with van der Waals surface area (Å²) in [6.45, 7) is 8.56. The maximum Gasteiger partial charge on any atom is 0.407 e. The molecule has 0 aliphatic carbocycles. The third-order valence-electron chi connectivity index (χ3n) is 6.71. The third kappa shape index (κ3) is 19.7. The number of carbonyl (C=O) groups is 2. The first kappa shape index (κ1) is 33.7. The van der Waals surface area contributed by atoms with Gasteiger partial charge in [-0.2, -0.15) is 0 Å². The topological polar surface area (TPSA) is 76.7 Å². The van der Waals surface area contributed by atoms with Crippen molar-refractivity contribution in [1.82, 2.24) is 10.6 Å². The highest BCUT2D eigenvalue weighted by atomic mass is 16.6. The molecule has 38 heavy (non-hydrogen) atoms. The van der Waals surface area contributed by atoms with Crippen LogP contribution < -0.4 is 10.6 Å². The number of esters is 1.